The van der Waals surface area contributed by atoms with E-state index in [1.807, 2.05) is 0 Å². The first-order chi connectivity index (χ1) is 11.6. The highest BCUT2D eigenvalue weighted by molar-refractivity contribution is 5.69. The van der Waals surface area contributed by atoms with E-state index < -0.39 is 54.7 Å². The quantitative estimate of drug-likeness (QED) is 0.865. The van der Waals surface area contributed by atoms with Crippen molar-refractivity contribution in [1.82, 2.24) is 5.32 Å². The van der Waals surface area contributed by atoms with Crippen molar-refractivity contribution in [3.8, 4) is 0 Å². The lowest BCUT2D eigenvalue weighted by Crippen LogP contribution is -2.55. The van der Waals surface area contributed by atoms with Crippen molar-refractivity contribution >= 4 is 6.09 Å². The van der Waals surface area contributed by atoms with E-state index in [9.17, 15) is 23.1 Å². The molecule has 1 aromatic rings. The number of carbonyl (C=O) groups excluding carboxylic acids is 1. The molecule has 5 nitrogen and oxygen atoms in total. The lowest BCUT2D eigenvalue weighted by Gasteiger charge is -2.36. The maximum Gasteiger partial charge on any atom is 0.408 e. The predicted molar refractivity (Wildman–Crippen MR) is 83.8 cm³/mol. The highest BCUT2D eigenvalue weighted by Crippen LogP contribution is 2.42. The number of ether oxygens (including phenoxy) is 2. The molecule has 1 aliphatic rings. The molecule has 1 amide bonds. The fourth-order valence-corrected chi connectivity index (χ4v) is 3.02. The maximum atomic E-state index is 14.4. The smallest absolute Gasteiger partial charge is 0.408 e. The third kappa shape index (κ3) is 4.07. The molecule has 0 aliphatic carbocycles. The Morgan fingerprint density at radius 2 is 2.08 bits per heavy atom. The van der Waals surface area contributed by atoms with E-state index in [0.29, 0.717) is 0 Å². The Hall–Kier alpha value is -1.80. The number of rotatable bonds is 4. The largest absolute Gasteiger partial charge is 0.444 e. The van der Waals surface area contributed by atoms with Gasteiger partial charge < -0.3 is 19.9 Å². The number of amides is 1. The molecule has 1 heterocycles. The Labute approximate surface area is 144 Å². The zero-order chi connectivity index (χ0) is 18.8. The topological polar surface area (TPSA) is 67.8 Å². The second-order valence-electron chi connectivity index (χ2n) is 6.98. The number of alkyl carbamates (subject to hydrolysis) is 1. The van der Waals surface area contributed by atoms with Crippen LogP contribution in [0.3, 0.4) is 0 Å². The van der Waals surface area contributed by atoms with Gasteiger partial charge in [0.1, 0.15) is 23.1 Å². The summed E-state index contributed by atoms with van der Waals surface area (Å²) in [5.74, 6) is -1.94. The SMILES string of the molecule is CC(C)(C)OC(=O)N[C@@]1(c2ccccc2F)CO[C@H](C(F)F)[C@H]1CO. The minimum absolute atomic E-state index is 0.0388. The lowest BCUT2D eigenvalue weighted by atomic mass is 9.78. The van der Waals surface area contributed by atoms with Crippen molar-refractivity contribution in [2.75, 3.05) is 13.2 Å². The Morgan fingerprint density at radius 1 is 1.44 bits per heavy atom. The van der Waals surface area contributed by atoms with E-state index in [1.54, 1.807) is 20.8 Å². The molecule has 3 atom stereocenters. The van der Waals surface area contributed by atoms with Crippen LogP contribution in [0.2, 0.25) is 0 Å². The van der Waals surface area contributed by atoms with Crippen LogP contribution in [0, 0.1) is 11.7 Å². The van der Waals surface area contributed by atoms with Crippen molar-refractivity contribution in [3.05, 3.63) is 35.6 Å². The number of alkyl halides is 2. The number of benzene rings is 1. The normalized spacial score (nSPS) is 26.7. The average molecular weight is 361 g/mol. The first kappa shape index (κ1) is 19.5. The van der Waals surface area contributed by atoms with Gasteiger partial charge in [0.2, 0.25) is 0 Å². The number of nitrogens with one attached hydrogen (secondary N) is 1. The van der Waals surface area contributed by atoms with Gasteiger partial charge in [0.05, 0.1) is 13.2 Å². The van der Waals surface area contributed by atoms with Gasteiger partial charge in [0, 0.05) is 11.5 Å². The van der Waals surface area contributed by atoms with Gasteiger partial charge in [-0.2, -0.15) is 0 Å². The molecule has 1 aliphatic heterocycles. The molecule has 8 heteroatoms. The summed E-state index contributed by atoms with van der Waals surface area (Å²) >= 11 is 0. The Morgan fingerprint density at radius 3 is 2.60 bits per heavy atom. The molecule has 0 unspecified atom stereocenters. The van der Waals surface area contributed by atoms with Crippen LogP contribution in [0.5, 0.6) is 0 Å². The predicted octanol–water partition coefficient (Wildman–Crippen LogP) is 2.82. The van der Waals surface area contributed by atoms with Crippen molar-refractivity contribution in [3.63, 3.8) is 0 Å². The van der Waals surface area contributed by atoms with Crippen LogP contribution in [-0.4, -0.2) is 42.5 Å². The van der Waals surface area contributed by atoms with E-state index in [2.05, 4.69) is 5.32 Å². The molecule has 0 radical (unpaired) electrons. The van der Waals surface area contributed by atoms with Crippen molar-refractivity contribution < 1.29 is 32.5 Å². The second kappa shape index (κ2) is 7.21. The van der Waals surface area contributed by atoms with Crippen molar-refractivity contribution in [1.29, 1.82) is 0 Å². The van der Waals surface area contributed by atoms with Crippen LogP contribution in [-0.2, 0) is 15.0 Å². The summed E-state index contributed by atoms with van der Waals surface area (Å²) in [6.45, 7) is 3.78. The highest BCUT2D eigenvalue weighted by atomic mass is 19.3. The zero-order valence-corrected chi connectivity index (χ0v) is 14.3. The lowest BCUT2D eigenvalue weighted by molar-refractivity contribution is -0.0479. The monoisotopic (exact) mass is 361 g/mol. The Kier molecular flexibility index (Phi) is 5.63. The number of carbonyl (C=O) groups is 1. The van der Waals surface area contributed by atoms with Crippen LogP contribution >= 0.6 is 0 Å². The van der Waals surface area contributed by atoms with Crippen LogP contribution in [0.25, 0.3) is 0 Å². The van der Waals surface area contributed by atoms with Gasteiger partial charge in [-0.15, -0.1) is 0 Å². The number of hydrogen-bond donors (Lipinski definition) is 2. The summed E-state index contributed by atoms with van der Waals surface area (Å²) in [5, 5.41) is 12.2. The molecular weight excluding hydrogens is 339 g/mol. The molecule has 0 saturated carbocycles. The zero-order valence-electron chi connectivity index (χ0n) is 14.3. The summed E-state index contributed by atoms with van der Waals surface area (Å²) in [6.07, 6.45) is -5.45. The van der Waals surface area contributed by atoms with Gasteiger partial charge in [-0.1, -0.05) is 18.2 Å². The van der Waals surface area contributed by atoms with Gasteiger partial charge in [0.15, 0.2) is 0 Å². The summed E-state index contributed by atoms with van der Waals surface area (Å²) in [4.78, 5) is 12.3. The third-order valence-corrected chi connectivity index (χ3v) is 4.06. The highest BCUT2D eigenvalue weighted by Gasteiger charge is 2.55. The number of halogens is 3. The Bertz CT molecular complexity index is 620. The van der Waals surface area contributed by atoms with Gasteiger partial charge >= 0.3 is 6.09 Å². The fraction of sp³-hybridized carbons (Fsp3) is 0.588. The van der Waals surface area contributed by atoms with E-state index in [-0.39, 0.29) is 5.56 Å². The van der Waals surface area contributed by atoms with Crippen molar-refractivity contribution in [2.24, 2.45) is 5.92 Å². The molecule has 1 saturated heterocycles. The summed E-state index contributed by atoms with van der Waals surface area (Å²) in [5.41, 5.74) is -2.54. The van der Waals surface area contributed by atoms with Crippen LogP contribution in [0.15, 0.2) is 24.3 Å². The molecule has 2 N–H and O–H groups in total. The molecule has 2 rings (SSSR count). The summed E-state index contributed by atoms with van der Waals surface area (Å²) < 4.78 is 51.2. The fourth-order valence-electron chi connectivity index (χ4n) is 3.02. The molecule has 0 aromatic heterocycles. The Balaban J connectivity index is 2.46. The van der Waals surface area contributed by atoms with E-state index in [4.69, 9.17) is 9.47 Å². The second-order valence-corrected chi connectivity index (χ2v) is 6.98. The van der Waals surface area contributed by atoms with Crippen LogP contribution < -0.4 is 5.32 Å². The standard InChI is InChI=1S/C17H22F3NO4/c1-16(2,3)25-15(23)21-17(10-6-4-5-7-12(10)18)9-24-13(14(19)20)11(17)8-22/h4-7,11,13-14,22H,8-9H2,1-3H3,(H,21,23)/t11-,13+,17-/m1/s1. The molecule has 140 valence electrons. The van der Waals surface area contributed by atoms with Crippen LogP contribution in [0.4, 0.5) is 18.0 Å². The minimum Gasteiger partial charge on any atom is -0.444 e. The number of aliphatic hydroxyl groups is 1. The number of hydrogen-bond acceptors (Lipinski definition) is 4. The van der Waals surface area contributed by atoms with Gasteiger partial charge in [-0.25, -0.2) is 18.0 Å². The third-order valence-electron chi connectivity index (χ3n) is 4.06. The van der Waals surface area contributed by atoms with Gasteiger partial charge in [0.25, 0.3) is 6.43 Å². The first-order valence-corrected chi connectivity index (χ1v) is 7.87. The molecule has 1 aromatic carbocycles. The van der Waals surface area contributed by atoms with Gasteiger partial charge in [-0.3, -0.25) is 0 Å². The first-order valence-electron chi connectivity index (χ1n) is 7.87. The molecule has 0 spiro atoms. The molecule has 1 fully saturated rings. The molecular formula is C17H22F3NO4. The summed E-state index contributed by atoms with van der Waals surface area (Å²) in [7, 11) is 0. The van der Waals surface area contributed by atoms with Crippen molar-refractivity contribution in [2.45, 2.75) is 44.4 Å². The van der Waals surface area contributed by atoms with Gasteiger partial charge in [-0.05, 0) is 26.8 Å². The average Bonchev–Trinajstić information content (AvgIpc) is 2.84. The van der Waals surface area contributed by atoms with E-state index in [0.717, 1.165) is 6.07 Å². The van der Waals surface area contributed by atoms with E-state index >= 15 is 0 Å². The molecule has 25 heavy (non-hydrogen) atoms. The number of aliphatic hydroxyl groups excluding tert-OH is 1. The molecule has 0 bridgehead atoms. The van der Waals surface area contributed by atoms with E-state index in [1.165, 1.54) is 18.2 Å². The van der Waals surface area contributed by atoms with Crippen LogP contribution in [0.1, 0.15) is 26.3 Å². The minimum atomic E-state index is -2.90. The maximum absolute atomic E-state index is 14.4. The summed E-state index contributed by atoms with van der Waals surface area (Å²) in [6, 6.07) is 5.47.